The number of nitrogens with two attached hydrogens (primary N) is 1. The van der Waals surface area contributed by atoms with E-state index in [0.29, 0.717) is 5.92 Å². The highest BCUT2D eigenvalue weighted by atomic mass is 32.2. The molecule has 0 unspecified atom stereocenters. The highest BCUT2D eigenvalue weighted by Gasteiger charge is 2.33. The van der Waals surface area contributed by atoms with Crippen LogP contribution in [0, 0.1) is 0 Å². The number of ether oxygens (including phenoxy) is 1. The molecule has 2 N–H and O–H groups in total. The molecule has 0 bridgehead atoms. The number of thioether (sulfide) groups is 1. The maximum atomic E-state index is 6.33. The average Bonchev–Trinajstić information content (AvgIpc) is 3.36. The number of hydrogen-bond donors (Lipinski definition) is 1. The molecule has 6 nitrogen and oxygen atoms in total. The Balaban J connectivity index is 1.25. The summed E-state index contributed by atoms with van der Waals surface area (Å²) in [7, 11) is 4.12. The Labute approximate surface area is 181 Å². The number of hydrogen-bond acceptors (Lipinski definition) is 5. The van der Waals surface area contributed by atoms with Crippen molar-refractivity contribution in [3.05, 3.63) is 66.0 Å². The Morgan fingerprint density at radius 2 is 1.83 bits per heavy atom. The van der Waals surface area contributed by atoms with Gasteiger partial charge in [-0.3, -0.25) is 4.57 Å². The first kappa shape index (κ1) is 19.6. The Bertz CT molecular complexity index is 985. The minimum absolute atomic E-state index is 0.0702. The average molecular weight is 423 g/mol. The molecule has 2 fully saturated rings. The summed E-state index contributed by atoms with van der Waals surface area (Å²) < 4.78 is 8.57. The van der Waals surface area contributed by atoms with E-state index in [0.717, 1.165) is 29.0 Å². The lowest BCUT2D eigenvalue weighted by molar-refractivity contribution is -0.697. The van der Waals surface area contributed by atoms with Gasteiger partial charge >= 0.3 is 0 Å². The van der Waals surface area contributed by atoms with Gasteiger partial charge in [0.05, 0.1) is 0 Å². The van der Waals surface area contributed by atoms with E-state index >= 15 is 0 Å². The third-order valence-corrected chi connectivity index (χ3v) is 6.76. The van der Waals surface area contributed by atoms with Crippen molar-refractivity contribution in [2.75, 3.05) is 31.3 Å². The second kappa shape index (κ2) is 8.41. The van der Waals surface area contributed by atoms with Crippen LogP contribution < -0.4 is 10.2 Å². The summed E-state index contributed by atoms with van der Waals surface area (Å²) in [6.07, 6.45) is 2.69. The first-order chi connectivity index (χ1) is 14.7. The van der Waals surface area contributed by atoms with Crippen molar-refractivity contribution >= 4 is 17.4 Å². The molecule has 1 saturated carbocycles. The van der Waals surface area contributed by atoms with Gasteiger partial charge in [0.1, 0.15) is 18.5 Å². The quantitative estimate of drug-likeness (QED) is 0.593. The standard InChI is InChI=1S/C23H27N5OS/c1-27(2)18-12-10-17(11-13-18)22-24-14-20(29-22)15-30-23-26-25-21(16-8-9-16)28(23)19-6-4-3-5-7-19/h3-7,10-13,16,20,22,24H,8-9,14-15H2,1-2H3/p+1/t20-,22+/m0/s1. The van der Waals surface area contributed by atoms with Crippen LogP contribution in [0.2, 0.25) is 0 Å². The minimum atomic E-state index is 0.0702. The van der Waals surface area contributed by atoms with Gasteiger partial charge in [0.25, 0.3) is 0 Å². The molecule has 30 heavy (non-hydrogen) atoms. The number of benzene rings is 2. The smallest absolute Gasteiger partial charge is 0.217 e. The summed E-state index contributed by atoms with van der Waals surface area (Å²) in [6.45, 7) is 0.960. The van der Waals surface area contributed by atoms with E-state index in [9.17, 15) is 0 Å². The molecule has 0 amide bonds. The molecule has 0 radical (unpaired) electrons. The second-order valence-corrected chi connectivity index (χ2v) is 9.22. The molecule has 1 saturated heterocycles. The van der Waals surface area contributed by atoms with Gasteiger partial charge in [0.15, 0.2) is 5.16 Å². The van der Waals surface area contributed by atoms with Crippen LogP contribution in [0.1, 0.15) is 36.4 Å². The monoisotopic (exact) mass is 422 g/mol. The molecule has 1 aromatic heterocycles. The van der Waals surface area contributed by atoms with Gasteiger partial charge in [-0.15, -0.1) is 10.2 Å². The lowest BCUT2D eigenvalue weighted by atomic mass is 10.2. The minimum Gasteiger partial charge on any atom is -0.378 e. The van der Waals surface area contributed by atoms with Crippen LogP contribution in [0.3, 0.4) is 0 Å². The molecule has 156 valence electrons. The van der Waals surface area contributed by atoms with Crippen LogP contribution in [0.5, 0.6) is 0 Å². The van der Waals surface area contributed by atoms with E-state index < -0.39 is 0 Å². The van der Waals surface area contributed by atoms with Crippen molar-refractivity contribution in [2.45, 2.75) is 36.2 Å². The molecule has 2 heterocycles. The SMILES string of the molecule is CN(C)c1ccc([C@@H]2[NH2+]C[C@@H](CSc3nnc(C4CC4)n3-c3ccccc3)O2)cc1. The third-order valence-electron chi connectivity index (χ3n) is 5.70. The van der Waals surface area contributed by atoms with Crippen LogP contribution in [0.25, 0.3) is 5.69 Å². The van der Waals surface area contributed by atoms with Crippen molar-refractivity contribution in [3.8, 4) is 5.69 Å². The number of quaternary nitrogens is 1. The fourth-order valence-corrected chi connectivity index (χ4v) is 4.82. The van der Waals surface area contributed by atoms with Crippen molar-refractivity contribution in [1.82, 2.24) is 14.8 Å². The van der Waals surface area contributed by atoms with E-state index in [4.69, 9.17) is 4.74 Å². The molecule has 1 aliphatic carbocycles. The van der Waals surface area contributed by atoms with E-state index in [1.807, 2.05) is 6.07 Å². The molecule has 0 spiro atoms. The van der Waals surface area contributed by atoms with Crippen molar-refractivity contribution in [1.29, 1.82) is 0 Å². The number of anilines is 1. The van der Waals surface area contributed by atoms with E-state index in [1.54, 1.807) is 11.8 Å². The van der Waals surface area contributed by atoms with E-state index in [1.165, 1.54) is 24.1 Å². The summed E-state index contributed by atoms with van der Waals surface area (Å²) in [6, 6.07) is 19.1. The molecule has 2 aliphatic rings. The lowest BCUT2D eigenvalue weighted by Crippen LogP contribution is -2.82. The first-order valence-corrected chi connectivity index (χ1v) is 11.6. The number of rotatable bonds is 7. The van der Waals surface area contributed by atoms with Crippen LogP contribution >= 0.6 is 11.8 Å². The van der Waals surface area contributed by atoms with Crippen LogP contribution in [-0.2, 0) is 4.74 Å². The van der Waals surface area contributed by atoms with E-state index in [2.05, 4.69) is 87.6 Å². The van der Waals surface area contributed by atoms with Gasteiger partial charge in [-0.25, -0.2) is 0 Å². The van der Waals surface area contributed by atoms with Crippen molar-refractivity contribution < 1.29 is 10.1 Å². The van der Waals surface area contributed by atoms with Crippen LogP contribution in [-0.4, -0.2) is 47.3 Å². The fourth-order valence-electron chi connectivity index (χ4n) is 3.85. The largest absolute Gasteiger partial charge is 0.378 e. The van der Waals surface area contributed by atoms with Crippen molar-refractivity contribution in [3.63, 3.8) is 0 Å². The maximum absolute atomic E-state index is 6.33. The molecular weight excluding hydrogens is 394 g/mol. The number of aromatic nitrogens is 3. The Kier molecular flexibility index (Phi) is 5.50. The highest BCUT2D eigenvalue weighted by molar-refractivity contribution is 7.99. The predicted molar refractivity (Wildman–Crippen MR) is 119 cm³/mol. The normalized spacial score (nSPS) is 21.1. The van der Waals surface area contributed by atoms with Crippen LogP contribution in [0.4, 0.5) is 5.69 Å². The molecule has 2 atom stereocenters. The Hall–Kier alpha value is -2.35. The number of para-hydroxylation sites is 1. The van der Waals surface area contributed by atoms with Crippen molar-refractivity contribution in [2.24, 2.45) is 0 Å². The summed E-state index contributed by atoms with van der Waals surface area (Å²) in [4.78, 5) is 2.11. The molecule has 3 aromatic rings. The summed E-state index contributed by atoms with van der Waals surface area (Å²) >= 11 is 1.75. The summed E-state index contributed by atoms with van der Waals surface area (Å²) in [5, 5.41) is 12.3. The van der Waals surface area contributed by atoms with Gasteiger partial charge < -0.3 is 15.0 Å². The zero-order valence-corrected chi connectivity index (χ0v) is 18.3. The third kappa shape index (κ3) is 4.10. The highest BCUT2D eigenvalue weighted by Crippen LogP contribution is 2.41. The Morgan fingerprint density at radius 3 is 2.53 bits per heavy atom. The zero-order valence-electron chi connectivity index (χ0n) is 17.4. The summed E-state index contributed by atoms with van der Waals surface area (Å²) in [5.74, 6) is 2.53. The number of nitrogens with zero attached hydrogens (tertiary/aromatic N) is 4. The first-order valence-electron chi connectivity index (χ1n) is 10.6. The predicted octanol–water partition coefficient (Wildman–Crippen LogP) is 2.96. The molecule has 5 rings (SSSR count). The molecule has 1 aliphatic heterocycles. The van der Waals surface area contributed by atoms with Gasteiger partial charge in [-0.1, -0.05) is 30.0 Å². The molecule has 2 aromatic carbocycles. The van der Waals surface area contributed by atoms with Crippen LogP contribution in [0.15, 0.2) is 59.8 Å². The van der Waals surface area contributed by atoms with Gasteiger partial charge in [-0.2, -0.15) is 0 Å². The van der Waals surface area contributed by atoms with Gasteiger partial charge in [0.2, 0.25) is 6.23 Å². The Morgan fingerprint density at radius 1 is 1.07 bits per heavy atom. The molecular formula is C23H28N5OS+. The summed E-state index contributed by atoms with van der Waals surface area (Å²) in [5.41, 5.74) is 3.57. The maximum Gasteiger partial charge on any atom is 0.217 e. The van der Waals surface area contributed by atoms with E-state index in [-0.39, 0.29) is 12.3 Å². The van der Waals surface area contributed by atoms with Gasteiger partial charge in [-0.05, 0) is 49.2 Å². The zero-order chi connectivity index (χ0) is 20.5. The lowest BCUT2D eigenvalue weighted by Gasteiger charge is -2.14. The second-order valence-electron chi connectivity index (χ2n) is 8.23. The topological polar surface area (TPSA) is 59.8 Å². The molecule has 7 heteroatoms. The van der Waals surface area contributed by atoms with Gasteiger partial charge in [0, 0.05) is 42.7 Å². The fraction of sp³-hybridized carbons (Fsp3) is 0.391.